The van der Waals surface area contributed by atoms with Gasteiger partial charge in [-0.05, 0) is 18.4 Å². The molecule has 1 aliphatic rings. The molecule has 1 atom stereocenters. The summed E-state index contributed by atoms with van der Waals surface area (Å²) in [5, 5.41) is 4.39. The molecule has 0 amide bonds. The molecule has 1 radical (unpaired) electrons. The Balaban J connectivity index is 1.97. The van der Waals surface area contributed by atoms with Crippen molar-refractivity contribution in [3.05, 3.63) is 35.9 Å². The smallest absolute Gasteiger partial charge is 0.0760 e. The Morgan fingerprint density at radius 2 is 2.14 bits per heavy atom. The molecule has 0 aromatic heterocycles. The van der Waals surface area contributed by atoms with Crippen LogP contribution in [0, 0.1) is 0 Å². The van der Waals surface area contributed by atoms with Crippen molar-refractivity contribution in [3.8, 4) is 0 Å². The maximum Gasteiger partial charge on any atom is 0.0760 e. The summed E-state index contributed by atoms with van der Waals surface area (Å²) in [7, 11) is 1.92. The first kappa shape index (κ1) is 9.69. The van der Waals surface area contributed by atoms with Crippen molar-refractivity contribution in [2.45, 2.75) is 25.6 Å². The predicted octanol–water partition coefficient (Wildman–Crippen LogP) is 1.84. The number of nitrogens with zero attached hydrogens (tertiary/aromatic N) is 2. The maximum atomic E-state index is 4.39. The van der Waals surface area contributed by atoms with Gasteiger partial charge in [0.2, 0.25) is 0 Å². The lowest BCUT2D eigenvalue weighted by molar-refractivity contribution is 0.216. The topological polar surface area (TPSA) is 17.3 Å². The van der Waals surface area contributed by atoms with Crippen molar-refractivity contribution in [1.82, 2.24) is 10.2 Å². The van der Waals surface area contributed by atoms with Crippen LogP contribution in [0.15, 0.2) is 30.3 Å². The van der Waals surface area contributed by atoms with Crippen molar-refractivity contribution in [2.24, 2.45) is 0 Å². The van der Waals surface area contributed by atoms with E-state index in [4.69, 9.17) is 0 Å². The zero-order valence-corrected chi connectivity index (χ0v) is 8.69. The molecule has 0 aliphatic carbocycles. The first-order valence-electron chi connectivity index (χ1n) is 5.27. The van der Waals surface area contributed by atoms with Crippen LogP contribution in [0.2, 0.25) is 0 Å². The van der Waals surface area contributed by atoms with Crippen molar-refractivity contribution < 1.29 is 0 Å². The molecular formula is C12H17N2. The average molecular weight is 189 g/mol. The molecule has 14 heavy (non-hydrogen) atoms. The Labute approximate surface area is 85.9 Å². The van der Waals surface area contributed by atoms with Gasteiger partial charge in [0, 0.05) is 20.1 Å². The average Bonchev–Trinajstić information content (AvgIpc) is 2.67. The van der Waals surface area contributed by atoms with Gasteiger partial charge in [-0.25, -0.2) is 5.32 Å². The van der Waals surface area contributed by atoms with Crippen LogP contribution in [0.3, 0.4) is 0 Å². The van der Waals surface area contributed by atoms with Crippen LogP contribution < -0.4 is 5.32 Å². The second-order valence-electron chi connectivity index (χ2n) is 3.84. The van der Waals surface area contributed by atoms with Crippen molar-refractivity contribution in [2.75, 3.05) is 13.6 Å². The van der Waals surface area contributed by atoms with E-state index >= 15 is 0 Å². The van der Waals surface area contributed by atoms with Gasteiger partial charge in [0.1, 0.15) is 0 Å². The number of benzene rings is 1. The van der Waals surface area contributed by atoms with Crippen LogP contribution >= 0.6 is 0 Å². The van der Waals surface area contributed by atoms with Gasteiger partial charge < -0.3 is 0 Å². The van der Waals surface area contributed by atoms with Gasteiger partial charge in [-0.3, -0.25) is 4.90 Å². The third kappa shape index (κ3) is 2.14. The molecule has 1 aromatic rings. The minimum atomic E-state index is 0.454. The third-order valence-electron chi connectivity index (χ3n) is 2.86. The molecule has 2 nitrogen and oxygen atoms in total. The SMILES string of the molecule is C[N]C1CCCN1Cc1ccccc1. The normalized spacial score (nSPS) is 22.8. The number of likely N-dealkylation sites (tertiary alicyclic amines) is 1. The molecule has 0 spiro atoms. The second-order valence-corrected chi connectivity index (χ2v) is 3.84. The van der Waals surface area contributed by atoms with E-state index in [1.165, 1.54) is 24.9 Å². The van der Waals surface area contributed by atoms with Gasteiger partial charge in [-0.2, -0.15) is 0 Å². The highest BCUT2D eigenvalue weighted by molar-refractivity contribution is 5.14. The minimum Gasteiger partial charge on any atom is -0.283 e. The Kier molecular flexibility index (Phi) is 3.17. The summed E-state index contributed by atoms with van der Waals surface area (Å²) in [4.78, 5) is 2.45. The molecule has 0 N–H and O–H groups in total. The van der Waals surface area contributed by atoms with E-state index < -0.39 is 0 Å². The molecule has 1 unspecified atom stereocenters. The molecule has 2 heteroatoms. The summed E-state index contributed by atoms with van der Waals surface area (Å²) >= 11 is 0. The quantitative estimate of drug-likeness (QED) is 0.709. The zero-order chi connectivity index (χ0) is 9.80. The van der Waals surface area contributed by atoms with Gasteiger partial charge in [0.05, 0.1) is 6.17 Å². The highest BCUT2D eigenvalue weighted by Crippen LogP contribution is 2.18. The first-order valence-corrected chi connectivity index (χ1v) is 5.27. The largest absolute Gasteiger partial charge is 0.283 e. The van der Waals surface area contributed by atoms with Crippen LogP contribution in [-0.4, -0.2) is 24.7 Å². The Morgan fingerprint density at radius 3 is 2.86 bits per heavy atom. The van der Waals surface area contributed by atoms with Crippen LogP contribution in [0.25, 0.3) is 0 Å². The number of hydrogen-bond donors (Lipinski definition) is 0. The summed E-state index contributed by atoms with van der Waals surface area (Å²) in [6, 6.07) is 10.6. The van der Waals surface area contributed by atoms with Gasteiger partial charge >= 0.3 is 0 Å². The summed E-state index contributed by atoms with van der Waals surface area (Å²) in [5.74, 6) is 0. The van der Waals surface area contributed by atoms with Crippen molar-refractivity contribution in [1.29, 1.82) is 0 Å². The minimum absolute atomic E-state index is 0.454. The molecule has 1 aliphatic heterocycles. The standard InChI is InChI=1S/C12H17N2/c1-13-12-8-5-9-14(12)10-11-6-3-2-4-7-11/h2-4,6-7,12H,5,8-10H2,1H3. The van der Waals surface area contributed by atoms with E-state index in [0.717, 1.165) is 6.54 Å². The lowest BCUT2D eigenvalue weighted by Gasteiger charge is -2.22. The van der Waals surface area contributed by atoms with Gasteiger partial charge in [0.15, 0.2) is 0 Å². The number of hydrogen-bond acceptors (Lipinski definition) is 1. The number of rotatable bonds is 3. The fraction of sp³-hybridized carbons (Fsp3) is 0.500. The highest BCUT2D eigenvalue weighted by atomic mass is 15.3. The summed E-state index contributed by atoms with van der Waals surface area (Å²) < 4.78 is 0. The molecule has 1 saturated heterocycles. The second kappa shape index (κ2) is 4.58. The van der Waals surface area contributed by atoms with E-state index in [1.54, 1.807) is 0 Å². The van der Waals surface area contributed by atoms with E-state index in [1.807, 2.05) is 7.05 Å². The van der Waals surface area contributed by atoms with Gasteiger partial charge in [-0.15, -0.1) is 0 Å². The third-order valence-corrected chi connectivity index (χ3v) is 2.86. The van der Waals surface area contributed by atoms with Gasteiger partial charge in [0.25, 0.3) is 0 Å². The van der Waals surface area contributed by atoms with Crippen molar-refractivity contribution >= 4 is 0 Å². The molecular weight excluding hydrogens is 172 g/mol. The molecule has 1 fully saturated rings. The van der Waals surface area contributed by atoms with E-state index in [-0.39, 0.29) is 0 Å². The molecule has 0 saturated carbocycles. The Bertz CT molecular complexity index is 271. The molecule has 1 aromatic carbocycles. The maximum absolute atomic E-state index is 4.39. The van der Waals surface area contributed by atoms with Crippen LogP contribution in [-0.2, 0) is 6.54 Å². The fourth-order valence-corrected chi connectivity index (χ4v) is 2.10. The Hall–Kier alpha value is -0.860. The Morgan fingerprint density at radius 1 is 1.36 bits per heavy atom. The highest BCUT2D eigenvalue weighted by Gasteiger charge is 2.23. The summed E-state index contributed by atoms with van der Waals surface area (Å²) in [5.41, 5.74) is 1.39. The summed E-state index contributed by atoms with van der Waals surface area (Å²) in [6.45, 7) is 2.24. The van der Waals surface area contributed by atoms with Crippen LogP contribution in [0.1, 0.15) is 18.4 Å². The fourth-order valence-electron chi connectivity index (χ4n) is 2.10. The van der Waals surface area contributed by atoms with E-state index in [0.29, 0.717) is 6.17 Å². The molecule has 0 bridgehead atoms. The summed E-state index contributed by atoms with van der Waals surface area (Å²) in [6.07, 6.45) is 2.97. The van der Waals surface area contributed by atoms with Gasteiger partial charge in [-0.1, -0.05) is 30.3 Å². The van der Waals surface area contributed by atoms with Crippen LogP contribution in [0.5, 0.6) is 0 Å². The lowest BCUT2D eigenvalue weighted by atomic mass is 10.2. The van der Waals surface area contributed by atoms with Crippen molar-refractivity contribution in [3.63, 3.8) is 0 Å². The predicted molar refractivity (Wildman–Crippen MR) is 57.9 cm³/mol. The molecule has 1 heterocycles. The first-order chi connectivity index (χ1) is 6.90. The zero-order valence-electron chi connectivity index (χ0n) is 8.69. The molecule has 2 rings (SSSR count). The molecule has 75 valence electrons. The monoisotopic (exact) mass is 189 g/mol. The van der Waals surface area contributed by atoms with Crippen LogP contribution in [0.4, 0.5) is 0 Å². The van der Waals surface area contributed by atoms with E-state index in [9.17, 15) is 0 Å². The van der Waals surface area contributed by atoms with E-state index in [2.05, 4.69) is 40.5 Å². The lowest BCUT2D eigenvalue weighted by Crippen LogP contribution is -2.34.